The van der Waals surface area contributed by atoms with Crippen molar-refractivity contribution in [3.8, 4) is 39.2 Å². The van der Waals surface area contributed by atoms with Gasteiger partial charge in [-0.05, 0) is 87.7 Å². The second kappa shape index (κ2) is 13.1. The molecule has 0 bridgehead atoms. The molecule has 4 heterocycles. The summed E-state index contributed by atoms with van der Waals surface area (Å²) in [6, 6.07) is 63.7. The summed E-state index contributed by atoms with van der Waals surface area (Å²) < 4.78 is 14.9. The van der Waals surface area contributed by atoms with Gasteiger partial charge in [-0.25, -0.2) is 4.98 Å². The topological polar surface area (TPSA) is 43.6 Å². The second-order valence-electron chi connectivity index (χ2n) is 15.6. The fourth-order valence-corrected chi connectivity index (χ4v) is 11.3. The van der Waals surface area contributed by atoms with Crippen molar-refractivity contribution >= 4 is 98.5 Å². The highest BCUT2D eigenvalue weighted by Gasteiger charge is 2.25. The summed E-state index contributed by atoms with van der Waals surface area (Å²) >= 11 is 3.12. The third-order valence-corrected chi connectivity index (χ3v) is 14.1. The lowest BCUT2D eigenvalue weighted by Gasteiger charge is -2.24. The Hall–Kier alpha value is -7.25. The van der Waals surface area contributed by atoms with Gasteiger partial charge in [0, 0.05) is 42.8 Å². The summed E-state index contributed by atoms with van der Waals surface area (Å²) in [7, 11) is 0. The first-order chi connectivity index (χ1) is 29.7. The van der Waals surface area contributed by atoms with Crippen molar-refractivity contribution in [1.82, 2.24) is 18.3 Å². The second-order valence-corrected chi connectivity index (χ2v) is 17.2. The summed E-state index contributed by atoms with van der Waals surface area (Å²) in [6.45, 7) is 0. The third kappa shape index (κ3) is 5.05. The van der Waals surface area contributed by atoms with Gasteiger partial charge in [0.1, 0.15) is 11.0 Å². The van der Waals surface area contributed by atoms with Gasteiger partial charge in [0.25, 0.3) is 0 Å². The summed E-state index contributed by atoms with van der Waals surface area (Å²) in [4.78, 5) is 5.37. The Morgan fingerprint density at radius 3 is 2.18 bits per heavy atom. The zero-order valence-electron chi connectivity index (χ0n) is 32.1. The number of allylic oxidation sites excluding steroid dienone is 1. The number of benzene rings is 8. The molecular formula is C54H32N4S2. The molecule has 13 rings (SSSR count). The van der Waals surface area contributed by atoms with E-state index >= 15 is 0 Å². The standard InChI is InChI=1S/C54H32N4S2/c1-2-14-33(15-3-1)45-30-44-40-20-9-11-24-50(40)59-54(44)46(55-45)29-36-27-34-25-26-35(28-42(34)39-19-7-6-17-37(36)39)43-31-49-51(53-52(43)56-60-57-53)41-21-8-10-22-48(41)58(49)47-23-12-16-32-13-4-5-18-38(32)47/h1-26,28-31H,27H2/b36-29-. The quantitative estimate of drug-likeness (QED) is 0.178. The van der Waals surface area contributed by atoms with Gasteiger partial charge in [0.05, 0.1) is 44.5 Å². The Morgan fingerprint density at radius 1 is 0.517 bits per heavy atom. The van der Waals surface area contributed by atoms with E-state index in [-0.39, 0.29) is 0 Å². The van der Waals surface area contributed by atoms with Crippen molar-refractivity contribution in [1.29, 1.82) is 0 Å². The number of para-hydroxylation sites is 1. The molecule has 0 spiro atoms. The SMILES string of the molecule is C(=C1\Cc2ccc(-c3cc4c(c5ccccc5n4-c4cccc5ccccc45)c4nsnc34)cc2-c2ccccc21)/c1nc(-c2ccccc2)cc2c1sc1ccccc12. The van der Waals surface area contributed by atoms with Gasteiger partial charge in [0.2, 0.25) is 0 Å². The Morgan fingerprint density at radius 2 is 1.27 bits per heavy atom. The van der Waals surface area contributed by atoms with E-state index in [4.69, 9.17) is 13.7 Å². The van der Waals surface area contributed by atoms with Crippen molar-refractivity contribution < 1.29 is 0 Å². The minimum absolute atomic E-state index is 0.804. The predicted molar refractivity (Wildman–Crippen MR) is 254 cm³/mol. The van der Waals surface area contributed by atoms with E-state index in [1.807, 2.05) is 11.3 Å². The van der Waals surface area contributed by atoms with Gasteiger partial charge in [-0.3, -0.25) is 0 Å². The highest BCUT2D eigenvalue weighted by Crippen LogP contribution is 2.46. The van der Waals surface area contributed by atoms with Crippen LogP contribution in [0.5, 0.6) is 0 Å². The minimum Gasteiger partial charge on any atom is -0.309 e. The predicted octanol–water partition coefficient (Wildman–Crippen LogP) is 14.8. The molecule has 4 nitrogen and oxygen atoms in total. The maximum atomic E-state index is 5.37. The third-order valence-electron chi connectivity index (χ3n) is 12.3. The van der Waals surface area contributed by atoms with Gasteiger partial charge in [-0.15, -0.1) is 11.3 Å². The molecule has 0 saturated heterocycles. The fraction of sp³-hybridized carbons (Fsp3) is 0.0185. The highest BCUT2D eigenvalue weighted by atomic mass is 32.1. The average Bonchev–Trinajstić information content (AvgIpc) is 4.03. The molecule has 1 aliphatic carbocycles. The molecule has 1 aliphatic rings. The number of hydrogen-bond acceptors (Lipinski definition) is 5. The number of hydrogen-bond donors (Lipinski definition) is 0. The first-order valence-electron chi connectivity index (χ1n) is 20.2. The minimum atomic E-state index is 0.804. The van der Waals surface area contributed by atoms with Crippen LogP contribution < -0.4 is 0 Å². The van der Waals surface area contributed by atoms with E-state index in [1.54, 1.807) is 0 Å². The summed E-state index contributed by atoms with van der Waals surface area (Å²) in [5, 5.41) is 7.28. The fourth-order valence-electron chi connectivity index (χ4n) is 9.61. The van der Waals surface area contributed by atoms with Gasteiger partial charge >= 0.3 is 0 Å². The number of nitrogens with zero attached hydrogens (tertiary/aromatic N) is 4. The van der Waals surface area contributed by atoms with E-state index in [1.165, 1.54) is 75.9 Å². The van der Waals surface area contributed by atoms with E-state index in [0.29, 0.717) is 0 Å². The summed E-state index contributed by atoms with van der Waals surface area (Å²) in [5.74, 6) is 0. The maximum Gasteiger partial charge on any atom is 0.115 e. The number of aromatic nitrogens is 4. The van der Waals surface area contributed by atoms with Gasteiger partial charge in [-0.2, -0.15) is 8.75 Å². The molecule has 0 amide bonds. The van der Waals surface area contributed by atoms with E-state index in [2.05, 4.69) is 187 Å². The summed E-state index contributed by atoms with van der Waals surface area (Å²) in [6.07, 6.45) is 3.16. The Balaban J connectivity index is 0.995. The van der Waals surface area contributed by atoms with Crippen LogP contribution in [0.2, 0.25) is 0 Å². The van der Waals surface area contributed by atoms with Crippen LogP contribution in [-0.4, -0.2) is 18.3 Å². The van der Waals surface area contributed by atoms with Crippen molar-refractivity contribution in [2.24, 2.45) is 0 Å². The Labute approximate surface area is 353 Å². The first-order valence-corrected chi connectivity index (χ1v) is 21.8. The Bertz CT molecular complexity index is 3750. The molecule has 0 radical (unpaired) electrons. The van der Waals surface area contributed by atoms with Gasteiger partial charge in [-0.1, -0.05) is 140 Å². The Kier molecular flexibility index (Phi) is 7.37. The molecule has 280 valence electrons. The van der Waals surface area contributed by atoms with Gasteiger partial charge in [0.15, 0.2) is 0 Å². The maximum absolute atomic E-state index is 5.37. The van der Waals surface area contributed by atoms with Crippen molar-refractivity contribution in [3.05, 3.63) is 193 Å². The van der Waals surface area contributed by atoms with Crippen molar-refractivity contribution in [2.75, 3.05) is 0 Å². The van der Waals surface area contributed by atoms with E-state index in [0.717, 1.165) is 67.6 Å². The van der Waals surface area contributed by atoms with Crippen molar-refractivity contribution in [3.63, 3.8) is 0 Å². The molecule has 0 atom stereocenters. The van der Waals surface area contributed by atoms with E-state index in [9.17, 15) is 0 Å². The number of fused-ring (bicyclic) bond motifs is 12. The van der Waals surface area contributed by atoms with Crippen LogP contribution in [0.15, 0.2) is 176 Å². The smallest absolute Gasteiger partial charge is 0.115 e. The largest absolute Gasteiger partial charge is 0.309 e. The zero-order chi connectivity index (χ0) is 39.3. The first kappa shape index (κ1) is 33.7. The molecule has 4 aromatic heterocycles. The molecule has 60 heavy (non-hydrogen) atoms. The van der Waals surface area contributed by atoms with Gasteiger partial charge < -0.3 is 4.57 Å². The lowest BCUT2D eigenvalue weighted by molar-refractivity contribution is 1.20. The molecule has 0 N–H and O–H groups in total. The van der Waals surface area contributed by atoms with Crippen LogP contribution in [-0.2, 0) is 6.42 Å². The van der Waals surface area contributed by atoms with E-state index < -0.39 is 0 Å². The van der Waals surface area contributed by atoms with Crippen LogP contribution in [0.3, 0.4) is 0 Å². The molecule has 6 heteroatoms. The molecule has 0 fully saturated rings. The zero-order valence-corrected chi connectivity index (χ0v) is 33.8. The summed E-state index contributed by atoms with van der Waals surface area (Å²) in [5.41, 5.74) is 17.0. The normalized spacial score (nSPS) is 13.3. The molecular weight excluding hydrogens is 769 g/mol. The molecule has 0 saturated carbocycles. The lowest BCUT2D eigenvalue weighted by Crippen LogP contribution is -2.04. The van der Waals surface area contributed by atoms with Crippen molar-refractivity contribution in [2.45, 2.75) is 6.42 Å². The molecule has 0 aliphatic heterocycles. The monoisotopic (exact) mass is 800 g/mol. The molecule has 12 aromatic rings. The average molecular weight is 801 g/mol. The number of thiophene rings is 1. The lowest BCUT2D eigenvalue weighted by atomic mass is 9.80. The molecule has 8 aromatic carbocycles. The molecule has 0 unspecified atom stereocenters. The van der Waals surface area contributed by atoms with Crippen LogP contribution in [0, 0.1) is 0 Å². The van der Waals surface area contributed by atoms with Crippen LogP contribution in [0.1, 0.15) is 16.8 Å². The van der Waals surface area contributed by atoms with Crippen LogP contribution >= 0.6 is 23.1 Å². The van der Waals surface area contributed by atoms with Crippen LogP contribution in [0.4, 0.5) is 0 Å². The van der Waals surface area contributed by atoms with Crippen LogP contribution in [0.25, 0.3) is 115 Å². The number of rotatable bonds is 4. The number of pyridine rings is 1. The highest BCUT2D eigenvalue weighted by molar-refractivity contribution is 7.26.